The minimum Gasteiger partial charge on any atom is -0.494 e. The third-order valence-corrected chi connectivity index (χ3v) is 9.06. The lowest BCUT2D eigenvalue weighted by molar-refractivity contribution is -0.143. The summed E-state index contributed by atoms with van der Waals surface area (Å²) in [5.41, 5.74) is -0.772. The Bertz CT molecular complexity index is 1510. The highest BCUT2D eigenvalue weighted by molar-refractivity contribution is 6.05. The summed E-state index contributed by atoms with van der Waals surface area (Å²) < 4.78 is 12.2. The topological polar surface area (TPSA) is 117 Å². The highest BCUT2D eigenvalue weighted by Crippen LogP contribution is 2.63. The van der Waals surface area contributed by atoms with Crippen LogP contribution in [-0.4, -0.2) is 64.7 Å². The van der Waals surface area contributed by atoms with E-state index in [9.17, 15) is 19.5 Å². The van der Waals surface area contributed by atoms with Gasteiger partial charge in [-0.25, -0.2) is 0 Å². The Morgan fingerprint density at radius 2 is 1.69 bits per heavy atom. The van der Waals surface area contributed by atoms with Crippen molar-refractivity contribution in [2.24, 2.45) is 11.8 Å². The first-order chi connectivity index (χ1) is 20.3. The summed E-state index contributed by atoms with van der Waals surface area (Å²) in [4.78, 5) is 43.6. The summed E-state index contributed by atoms with van der Waals surface area (Å²) in [7, 11) is 0. The van der Waals surface area contributed by atoms with Gasteiger partial charge < -0.3 is 30.1 Å². The fraction of sp³-hybridized carbons (Fsp3) is 0.424. The number of ether oxygens (including phenoxy) is 2. The molecule has 3 N–H and O–H groups in total. The molecule has 0 radical (unpaired) electrons. The standard InChI is InChI=1S/C33H37N3O6/c1-3-41-25-14-12-23(13-15-25)34-29(38)26-27-31(40)36(18-6-7-19-37)28(33(27)17-16-32(26,2)42-33)30(39)35-24-11-10-21-8-4-5-9-22(21)20-24/h4-5,8-15,20,26-28,37H,3,6-7,16-19H2,1-2H3,(H,34,38)(H,35,39)/t26-,27+,28?,32+,33?/m1/s1. The van der Waals surface area contributed by atoms with Crippen LogP contribution in [0.4, 0.5) is 11.4 Å². The molecule has 3 aromatic carbocycles. The van der Waals surface area contributed by atoms with E-state index < -0.39 is 29.1 Å². The molecule has 3 saturated heterocycles. The third-order valence-electron chi connectivity index (χ3n) is 9.06. The number of likely N-dealkylation sites (tertiary alicyclic amines) is 1. The lowest BCUT2D eigenvalue weighted by atomic mass is 9.66. The maximum atomic E-state index is 14.1. The minimum absolute atomic E-state index is 0.00770. The molecule has 1 spiro atoms. The maximum absolute atomic E-state index is 14.1. The summed E-state index contributed by atoms with van der Waals surface area (Å²) in [6.07, 6.45) is 2.09. The number of hydrogen-bond donors (Lipinski definition) is 3. The number of aliphatic hydroxyl groups excluding tert-OH is 1. The van der Waals surface area contributed by atoms with Gasteiger partial charge in [0.25, 0.3) is 0 Å². The fourth-order valence-corrected chi connectivity index (χ4v) is 7.26. The Hall–Kier alpha value is -3.95. The first-order valence-electron chi connectivity index (χ1n) is 14.7. The van der Waals surface area contributed by atoms with Crippen LogP contribution in [0.2, 0.25) is 0 Å². The van der Waals surface area contributed by atoms with Gasteiger partial charge in [0.2, 0.25) is 17.7 Å². The molecule has 9 nitrogen and oxygen atoms in total. The number of rotatable bonds is 10. The predicted octanol–water partition coefficient (Wildman–Crippen LogP) is 4.35. The molecule has 3 aromatic rings. The number of unbranched alkanes of at least 4 members (excludes halogenated alkanes) is 1. The first kappa shape index (κ1) is 28.2. The molecule has 9 heteroatoms. The predicted molar refractivity (Wildman–Crippen MR) is 159 cm³/mol. The van der Waals surface area contributed by atoms with E-state index >= 15 is 0 Å². The van der Waals surface area contributed by atoms with Crippen molar-refractivity contribution in [2.45, 2.75) is 56.8 Å². The van der Waals surface area contributed by atoms with Gasteiger partial charge in [0.05, 0.1) is 24.0 Å². The SMILES string of the molecule is CCOc1ccc(NC(=O)[C@H]2[C@H]3C(=O)N(CCCCO)C(C(=O)Nc4ccc5ccccc5c4)C34CC[C@]2(C)O4)cc1. The van der Waals surface area contributed by atoms with Crippen LogP contribution in [0.5, 0.6) is 5.75 Å². The van der Waals surface area contributed by atoms with Gasteiger partial charge in [-0.2, -0.15) is 0 Å². The van der Waals surface area contributed by atoms with Gasteiger partial charge in [-0.1, -0.05) is 30.3 Å². The lowest BCUT2D eigenvalue weighted by Gasteiger charge is -2.33. The van der Waals surface area contributed by atoms with Crippen molar-refractivity contribution in [1.29, 1.82) is 0 Å². The van der Waals surface area contributed by atoms with Crippen molar-refractivity contribution < 1.29 is 29.0 Å². The van der Waals surface area contributed by atoms with E-state index in [2.05, 4.69) is 10.6 Å². The van der Waals surface area contributed by atoms with Crippen LogP contribution in [-0.2, 0) is 19.1 Å². The summed E-state index contributed by atoms with van der Waals surface area (Å²) in [6, 6.07) is 19.8. The zero-order valence-corrected chi connectivity index (χ0v) is 24.0. The number of carbonyl (C=O) groups is 3. The van der Waals surface area contributed by atoms with E-state index in [0.29, 0.717) is 56.0 Å². The first-order valence-corrected chi connectivity index (χ1v) is 14.7. The highest BCUT2D eigenvalue weighted by atomic mass is 16.5. The molecule has 2 unspecified atom stereocenters. The Balaban J connectivity index is 1.30. The number of amides is 3. The molecule has 220 valence electrons. The lowest BCUT2D eigenvalue weighted by Crippen LogP contribution is -2.53. The quantitative estimate of drug-likeness (QED) is 0.312. The van der Waals surface area contributed by atoms with Crippen LogP contribution in [0, 0.1) is 11.8 Å². The van der Waals surface area contributed by atoms with Crippen LogP contribution in [0.25, 0.3) is 10.8 Å². The molecular formula is C33H37N3O6. The van der Waals surface area contributed by atoms with Gasteiger partial charge in [-0.3, -0.25) is 14.4 Å². The highest BCUT2D eigenvalue weighted by Gasteiger charge is 2.77. The number of carbonyl (C=O) groups excluding carboxylic acids is 3. The molecule has 6 rings (SSSR count). The zero-order chi connectivity index (χ0) is 29.5. The third kappa shape index (κ3) is 4.70. The number of nitrogens with zero attached hydrogens (tertiary/aromatic N) is 1. The van der Waals surface area contributed by atoms with Crippen LogP contribution in [0.3, 0.4) is 0 Å². The monoisotopic (exact) mass is 571 g/mol. The zero-order valence-electron chi connectivity index (χ0n) is 24.0. The van der Waals surface area contributed by atoms with Gasteiger partial charge in [0.1, 0.15) is 17.4 Å². The number of benzene rings is 3. The van der Waals surface area contributed by atoms with E-state index in [0.717, 1.165) is 10.8 Å². The Morgan fingerprint density at radius 1 is 0.976 bits per heavy atom. The number of aliphatic hydroxyl groups is 1. The van der Waals surface area contributed by atoms with E-state index in [1.807, 2.05) is 56.3 Å². The van der Waals surface area contributed by atoms with Crippen molar-refractivity contribution in [3.05, 3.63) is 66.7 Å². The molecule has 3 aliphatic heterocycles. The fourth-order valence-electron chi connectivity index (χ4n) is 7.26. The van der Waals surface area contributed by atoms with Crippen LogP contribution < -0.4 is 15.4 Å². The van der Waals surface area contributed by atoms with Gasteiger partial charge >= 0.3 is 0 Å². The van der Waals surface area contributed by atoms with Crippen molar-refractivity contribution in [3.63, 3.8) is 0 Å². The number of fused-ring (bicyclic) bond motifs is 2. The Kier molecular flexibility index (Phi) is 7.41. The van der Waals surface area contributed by atoms with E-state index in [1.54, 1.807) is 29.2 Å². The van der Waals surface area contributed by atoms with E-state index in [-0.39, 0.29) is 24.3 Å². The molecule has 3 aliphatic rings. The van der Waals surface area contributed by atoms with Crippen LogP contribution >= 0.6 is 0 Å². The van der Waals surface area contributed by atoms with Crippen molar-refractivity contribution >= 4 is 39.9 Å². The molecule has 3 heterocycles. The largest absolute Gasteiger partial charge is 0.494 e. The maximum Gasteiger partial charge on any atom is 0.250 e. The van der Waals surface area contributed by atoms with Gasteiger partial charge in [0, 0.05) is 24.5 Å². The second kappa shape index (κ2) is 11.0. The summed E-state index contributed by atoms with van der Waals surface area (Å²) in [6.45, 7) is 4.61. The number of anilines is 2. The summed E-state index contributed by atoms with van der Waals surface area (Å²) in [5.74, 6) is -1.73. The Morgan fingerprint density at radius 3 is 2.43 bits per heavy atom. The average molecular weight is 572 g/mol. The summed E-state index contributed by atoms with van der Waals surface area (Å²) >= 11 is 0. The molecule has 2 bridgehead atoms. The second-order valence-corrected chi connectivity index (χ2v) is 11.7. The normalized spacial score (nSPS) is 27.7. The van der Waals surface area contributed by atoms with Gasteiger partial charge in [0.15, 0.2) is 0 Å². The smallest absolute Gasteiger partial charge is 0.250 e. The van der Waals surface area contributed by atoms with Crippen molar-refractivity contribution in [1.82, 2.24) is 4.90 Å². The minimum atomic E-state index is -1.12. The molecule has 5 atom stereocenters. The average Bonchev–Trinajstić information content (AvgIpc) is 3.55. The van der Waals surface area contributed by atoms with Crippen LogP contribution in [0.1, 0.15) is 39.5 Å². The Labute approximate surface area is 245 Å². The molecule has 42 heavy (non-hydrogen) atoms. The van der Waals surface area contributed by atoms with Crippen molar-refractivity contribution in [3.8, 4) is 5.75 Å². The molecule has 0 saturated carbocycles. The molecular weight excluding hydrogens is 534 g/mol. The van der Waals surface area contributed by atoms with E-state index in [4.69, 9.17) is 9.47 Å². The number of nitrogens with one attached hydrogen (secondary N) is 2. The number of hydrogen-bond acceptors (Lipinski definition) is 6. The molecule has 3 fully saturated rings. The summed E-state index contributed by atoms with van der Waals surface area (Å²) in [5, 5.41) is 17.5. The molecule has 3 amide bonds. The van der Waals surface area contributed by atoms with E-state index in [1.165, 1.54) is 0 Å². The second-order valence-electron chi connectivity index (χ2n) is 11.7. The van der Waals surface area contributed by atoms with Crippen molar-refractivity contribution in [2.75, 3.05) is 30.4 Å². The van der Waals surface area contributed by atoms with Gasteiger partial charge in [-0.15, -0.1) is 0 Å². The molecule has 0 aliphatic carbocycles. The van der Waals surface area contributed by atoms with Gasteiger partial charge in [-0.05, 0) is 86.7 Å². The van der Waals surface area contributed by atoms with Crippen LogP contribution in [0.15, 0.2) is 66.7 Å². The molecule has 0 aromatic heterocycles.